The van der Waals surface area contributed by atoms with Crippen LogP contribution in [0.2, 0.25) is 0 Å². The summed E-state index contributed by atoms with van der Waals surface area (Å²) in [6.07, 6.45) is -4.11. The zero-order valence-electron chi connectivity index (χ0n) is 13.9. The van der Waals surface area contributed by atoms with Crippen molar-refractivity contribution in [1.82, 2.24) is 15.6 Å². The molecule has 1 aromatic heterocycles. The molecule has 0 fully saturated rings. The molecule has 0 aliphatic carbocycles. The van der Waals surface area contributed by atoms with Crippen LogP contribution in [-0.4, -0.2) is 37.0 Å². The van der Waals surface area contributed by atoms with E-state index >= 15 is 0 Å². The fourth-order valence-electron chi connectivity index (χ4n) is 1.96. The molecule has 0 spiro atoms. The number of aromatic nitrogens is 1. The van der Waals surface area contributed by atoms with E-state index in [4.69, 9.17) is 0 Å². The molecule has 1 amide bonds. The highest BCUT2D eigenvalue weighted by Crippen LogP contribution is 2.29. The molecule has 10 heteroatoms. The second-order valence-electron chi connectivity index (χ2n) is 5.14. The lowest BCUT2D eigenvalue weighted by Crippen LogP contribution is -2.42. The van der Waals surface area contributed by atoms with E-state index in [9.17, 15) is 18.0 Å². The first-order valence-electron chi connectivity index (χ1n) is 7.69. The van der Waals surface area contributed by atoms with Crippen molar-refractivity contribution in [2.24, 2.45) is 4.99 Å². The van der Waals surface area contributed by atoms with Crippen LogP contribution < -0.4 is 16.0 Å². The maximum absolute atomic E-state index is 12.5. The van der Waals surface area contributed by atoms with E-state index in [1.807, 2.05) is 18.2 Å². The molecule has 2 rings (SSSR count). The first-order chi connectivity index (χ1) is 12.4. The fraction of sp³-hybridized carbons (Fsp3) is 0.312. The highest BCUT2D eigenvalue weighted by Gasteiger charge is 2.33. The molecule has 26 heavy (non-hydrogen) atoms. The number of carbonyl (C=O) groups is 1. The molecule has 0 bridgehead atoms. The SMILES string of the molecule is CN=C(NCCc1nc(C(F)(F)F)cs1)NCC(=O)Nc1ccccc1. The molecule has 0 saturated heterocycles. The van der Waals surface area contributed by atoms with Gasteiger partial charge in [0.2, 0.25) is 5.91 Å². The van der Waals surface area contributed by atoms with Gasteiger partial charge in [0.1, 0.15) is 0 Å². The minimum Gasteiger partial charge on any atom is -0.356 e. The van der Waals surface area contributed by atoms with E-state index < -0.39 is 11.9 Å². The Morgan fingerprint density at radius 2 is 1.96 bits per heavy atom. The number of carbonyl (C=O) groups excluding carboxylic acids is 1. The topological polar surface area (TPSA) is 78.4 Å². The molecule has 0 unspecified atom stereocenters. The summed E-state index contributed by atoms with van der Waals surface area (Å²) >= 11 is 0.960. The van der Waals surface area contributed by atoms with E-state index in [0.717, 1.165) is 16.7 Å². The van der Waals surface area contributed by atoms with Gasteiger partial charge in [-0.05, 0) is 12.1 Å². The van der Waals surface area contributed by atoms with Gasteiger partial charge < -0.3 is 16.0 Å². The van der Waals surface area contributed by atoms with Gasteiger partial charge in [0.15, 0.2) is 11.7 Å². The van der Waals surface area contributed by atoms with Gasteiger partial charge in [0.25, 0.3) is 0 Å². The standard InChI is InChI=1S/C16H18F3N5OS/c1-20-15(22-9-13(25)23-11-5-3-2-4-6-11)21-8-7-14-24-12(10-26-14)16(17,18)19/h2-6,10H,7-9H2,1H3,(H,23,25)(H2,20,21,22). The third-order valence-electron chi connectivity index (χ3n) is 3.17. The Bertz CT molecular complexity index is 746. The summed E-state index contributed by atoms with van der Waals surface area (Å²) in [6, 6.07) is 9.01. The van der Waals surface area contributed by atoms with Crippen molar-refractivity contribution in [3.63, 3.8) is 0 Å². The molecule has 3 N–H and O–H groups in total. The summed E-state index contributed by atoms with van der Waals surface area (Å²) in [5, 5.41) is 9.86. The van der Waals surface area contributed by atoms with Crippen molar-refractivity contribution in [3.8, 4) is 0 Å². The summed E-state index contributed by atoms with van der Waals surface area (Å²) in [5.41, 5.74) is -0.191. The molecule has 0 aliphatic rings. The number of amides is 1. The molecule has 1 aromatic carbocycles. The Hall–Kier alpha value is -2.62. The van der Waals surface area contributed by atoms with Gasteiger partial charge in [-0.15, -0.1) is 11.3 Å². The number of thiazole rings is 1. The zero-order chi connectivity index (χ0) is 19.0. The monoisotopic (exact) mass is 385 g/mol. The first kappa shape index (κ1) is 19.7. The molecule has 6 nitrogen and oxygen atoms in total. The number of aliphatic imine (C=N–C) groups is 1. The number of nitrogens with one attached hydrogen (secondary N) is 3. The molecule has 0 aliphatic heterocycles. The number of rotatable bonds is 6. The van der Waals surface area contributed by atoms with E-state index in [1.54, 1.807) is 12.1 Å². The van der Waals surface area contributed by atoms with Crippen molar-refractivity contribution in [3.05, 3.63) is 46.4 Å². The number of alkyl halides is 3. The van der Waals surface area contributed by atoms with Crippen LogP contribution in [0.15, 0.2) is 40.7 Å². The number of para-hydroxylation sites is 1. The number of anilines is 1. The van der Waals surface area contributed by atoms with Crippen molar-refractivity contribution >= 4 is 28.9 Å². The Kier molecular flexibility index (Phi) is 6.96. The Labute approximate surface area is 152 Å². The first-order valence-corrected chi connectivity index (χ1v) is 8.57. The molecule has 0 saturated carbocycles. The van der Waals surface area contributed by atoms with Crippen LogP contribution in [0.4, 0.5) is 18.9 Å². The van der Waals surface area contributed by atoms with E-state index in [-0.39, 0.29) is 12.5 Å². The lowest BCUT2D eigenvalue weighted by Gasteiger charge is -2.11. The van der Waals surface area contributed by atoms with Crippen LogP contribution in [0.3, 0.4) is 0 Å². The molecule has 0 atom stereocenters. The van der Waals surface area contributed by atoms with Crippen LogP contribution in [0.25, 0.3) is 0 Å². The lowest BCUT2D eigenvalue weighted by molar-refractivity contribution is -0.140. The fourth-order valence-corrected chi connectivity index (χ4v) is 2.76. The average Bonchev–Trinajstić information content (AvgIpc) is 3.08. The van der Waals surface area contributed by atoms with E-state index in [1.165, 1.54) is 7.05 Å². The third kappa shape index (κ3) is 6.36. The Morgan fingerprint density at radius 3 is 2.58 bits per heavy atom. The minimum absolute atomic E-state index is 0.00401. The van der Waals surface area contributed by atoms with Crippen molar-refractivity contribution in [2.45, 2.75) is 12.6 Å². The highest BCUT2D eigenvalue weighted by molar-refractivity contribution is 7.09. The van der Waals surface area contributed by atoms with Gasteiger partial charge in [-0.2, -0.15) is 13.2 Å². The lowest BCUT2D eigenvalue weighted by atomic mass is 10.3. The molecule has 1 heterocycles. The maximum atomic E-state index is 12.5. The van der Waals surface area contributed by atoms with Crippen LogP contribution in [0.1, 0.15) is 10.7 Å². The summed E-state index contributed by atoms with van der Waals surface area (Å²) < 4.78 is 37.5. The van der Waals surface area contributed by atoms with Crippen molar-refractivity contribution in [2.75, 3.05) is 25.5 Å². The van der Waals surface area contributed by atoms with Gasteiger partial charge in [0.05, 0.1) is 11.6 Å². The van der Waals surface area contributed by atoms with Gasteiger partial charge in [-0.25, -0.2) is 4.98 Å². The average molecular weight is 385 g/mol. The van der Waals surface area contributed by atoms with Crippen LogP contribution in [-0.2, 0) is 17.4 Å². The normalized spacial score (nSPS) is 11.9. The number of halogens is 3. The van der Waals surface area contributed by atoms with Gasteiger partial charge >= 0.3 is 6.18 Å². The second-order valence-corrected chi connectivity index (χ2v) is 6.08. The smallest absolute Gasteiger partial charge is 0.356 e. The van der Waals surface area contributed by atoms with Crippen LogP contribution in [0.5, 0.6) is 0 Å². The van der Waals surface area contributed by atoms with E-state index in [0.29, 0.717) is 29.6 Å². The molecule has 2 aromatic rings. The van der Waals surface area contributed by atoms with Gasteiger partial charge in [-0.1, -0.05) is 18.2 Å². The summed E-state index contributed by atoms with van der Waals surface area (Å²) in [4.78, 5) is 19.4. The van der Waals surface area contributed by atoms with Gasteiger partial charge in [0, 0.05) is 31.1 Å². The maximum Gasteiger partial charge on any atom is 0.434 e. The second kappa shape index (κ2) is 9.18. The van der Waals surface area contributed by atoms with Crippen molar-refractivity contribution in [1.29, 1.82) is 0 Å². The third-order valence-corrected chi connectivity index (χ3v) is 4.08. The number of hydrogen-bond donors (Lipinski definition) is 3. The Balaban J connectivity index is 1.72. The highest BCUT2D eigenvalue weighted by atomic mass is 32.1. The molecular weight excluding hydrogens is 367 g/mol. The van der Waals surface area contributed by atoms with Gasteiger partial charge in [-0.3, -0.25) is 9.79 Å². The predicted molar refractivity (Wildman–Crippen MR) is 95.3 cm³/mol. The largest absolute Gasteiger partial charge is 0.434 e. The van der Waals surface area contributed by atoms with Crippen LogP contribution in [0, 0.1) is 0 Å². The number of benzene rings is 1. The Morgan fingerprint density at radius 1 is 1.23 bits per heavy atom. The minimum atomic E-state index is -4.42. The predicted octanol–water partition coefficient (Wildman–Crippen LogP) is 2.51. The summed E-state index contributed by atoms with van der Waals surface area (Å²) in [5.74, 6) is 0.134. The van der Waals surface area contributed by atoms with Crippen molar-refractivity contribution < 1.29 is 18.0 Å². The summed E-state index contributed by atoms with van der Waals surface area (Å²) in [6.45, 7) is 0.342. The number of nitrogens with zero attached hydrogens (tertiary/aromatic N) is 2. The van der Waals surface area contributed by atoms with Crippen LogP contribution >= 0.6 is 11.3 Å². The molecular formula is C16H18F3N5OS. The number of hydrogen-bond acceptors (Lipinski definition) is 4. The summed E-state index contributed by atoms with van der Waals surface area (Å²) in [7, 11) is 1.54. The molecule has 0 radical (unpaired) electrons. The quantitative estimate of drug-likeness (QED) is 0.527. The number of guanidine groups is 1. The molecule has 140 valence electrons. The van der Waals surface area contributed by atoms with E-state index in [2.05, 4.69) is 25.9 Å². The zero-order valence-corrected chi connectivity index (χ0v) is 14.7.